The summed E-state index contributed by atoms with van der Waals surface area (Å²) in [6, 6.07) is 9.56. The molecule has 0 unspecified atom stereocenters. The van der Waals surface area contributed by atoms with Crippen molar-refractivity contribution in [3.63, 3.8) is 0 Å². The number of nitrogens with zero attached hydrogens (tertiary/aromatic N) is 1. The number of nitrogens with one attached hydrogen (secondary N) is 1. The molecule has 2 heterocycles. The molecule has 0 saturated carbocycles. The summed E-state index contributed by atoms with van der Waals surface area (Å²) in [4.78, 5) is 28.2. The van der Waals surface area contributed by atoms with Gasteiger partial charge in [0.05, 0.1) is 12.1 Å². The standard InChI is InChI=1S/C19H18N2O3S2/c1-2-13-3-5-15(6-4-13)20-17(22)10-24-18(23)9-16-12-26-19(21-16)14-7-8-25-11-14/h3-8,11-12H,2,9-10H2,1H3,(H,20,22). The molecule has 0 radical (unpaired) electrons. The predicted octanol–water partition coefficient (Wildman–Crippen LogP) is 4.16. The van der Waals surface area contributed by atoms with Crippen LogP contribution in [0, 0.1) is 0 Å². The zero-order valence-corrected chi connectivity index (χ0v) is 15.9. The fourth-order valence-electron chi connectivity index (χ4n) is 2.27. The summed E-state index contributed by atoms with van der Waals surface area (Å²) in [7, 11) is 0. The molecule has 1 amide bonds. The number of amides is 1. The Labute approximate surface area is 159 Å². The highest BCUT2D eigenvalue weighted by Gasteiger charge is 2.12. The molecule has 134 valence electrons. The van der Waals surface area contributed by atoms with E-state index in [1.807, 2.05) is 46.5 Å². The minimum absolute atomic E-state index is 0.0547. The van der Waals surface area contributed by atoms with Crippen molar-refractivity contribution in [3.8, 4) is 10.6 Å². The molecule has 0 fully saturated rings. The molecule has 7 heteroatoms. The minimum atomic E-state index is -0.469. The number of esters is 1. The van der Waals surface area contributed by atoms with Gasteiger partial charge in [-0.1, -0.05) is 19.1 Å². The van der Waals surface area contributed by atoms with E-state index in [2.05, 4.69) is 17.2 Å². The molecule has 0 aliphatic carbocycles. The maximum absolute atomic E-state index is 11.9. The van der Waals surface area contributed by atoms with Crippen molar-refractivity contribution < 1.29 is 14.3 Å². The zero-order chi connectivity index (χ0) is 18.4. The van der Waals surface area contributed by atoms with Gasteiger partial charge in [0.2, 0.25) is 0 Å². The first-order valence-electron chi connectivity index (χ1n) is 8.15. The lowest BCUT2D eigenvalue weighted by atomic mass is 10.1. The second kappa shape index (κ2) is 8.73. The van der Waals surface area contributed by atoms with Crippen molar-refractivity contribution in [2.45, 2.75) is 19.8 Å². The summed E-state index contributed by atoms with van der Waals surface area (Å²) in [5, 5.41) is 9.42. The van der Waals surface area contributed by atoms with E-state index in [-0.39, 0.29) is 18.9 Å². The van der Waals surface area contributed by atoms with E-state index in [0.717, 1.165) is 17.0 Å². The second-order valence-corrected chi connectivity index (χ2v) is 7.23. The SMILES string of the molecule is CCc1ccc(NC(=O)COC(=O)Cc2csc(-c3ccsc3)n2)cc1. The van der Waals surface area contributed by atoms with Gasteiger partial charge in [-0.2, -0.15) is 11.3 Å². The number of thiazole rings is 1. The highest BCUT2D eigenvalue weighted by atomic mass is 32.1. The van der Waals surface area contributed by atoms with Gasteiger partial charge < -0.3 is 10.1 Å². The molecule has 1 N–H and O–H groups in total. The molecule has 2 aromatic heterocycles. The fourth-order valence-corrected chi connectivity index (χ4v) is 3.80. The van der Waals surface area contributed by atoms with Gasteiger partial charge >= 0.3 is 5.97 Å². The number of thiophene rings is 1. The number of aryl methyl sites for hydroxylation is 1. The van der Waals surface area contributed by atoms with Crippen molar-refractivity contribution in [2.24, 2.45) is 0 Å². The summed E-state index contributed by atoms with van der Waals surface area (Å²) >= 11 is 3.09. The molecule has 0 saturated heterocycles. The smallest absolute Gasteiger partial charge is 0.312 e. The summed E-state index contributed by atoms with van der Waals surface area (Å²) in [5.41, 5.74) is 3.58. The van der Waals surface area contributed by atoms with Crippen molar-refractivity contribution in [2.75, 3.05) is 11.9 Å². The van der Waals surface area contributed by atoms with E-state index in [1.165, 1.54) is 16.9 Å². The van der Waals surface area contributed by atoms with Crippen LogP contribution in [-0.2, 0) is 27.2 Å². The third-order valence-electron chi connectivity index (χ3n) is 3.66. The molecule has 0 atom stereocenters. The Balaban J connectivity index is 1.45. The van der Waals surface area contributed by atoms with Gasteiger partial charge in [0.1, 0.15) is 5.01 Å². The van der Waals surface area contributed by atoms with Crippen LogP contribution >= 0.6 is 22.7 Å². The average molecular weight is 386 g/mol. The van der Waals surface area contributed by atoms with Crippen LogP contribution in [-0.4, -0.2) is 23.5 Å². The molecule has 1 aromatic carbocycles. The maximum atomic E-state index is 11.9. The third kappa shape index (κ3) is 5.00. The topological polar surface area (TPSA) is 68.3 Å². The van der Waals surface area contributed by atoms with Crippen LogP contribution in [0.15, 0.2) is 46.5 Å². The molecule has 26 heavy (non-hydrogen) atoms. The third-order valence-corrected chi connectivity index (χ3v) is 5.28. The summed E-state index contributed by atoms with van der Waals surface area (Å²) in [5.74, 6) is -0.830. The van der Waals surface area contributed by atoms with Crippen LogP contribution in [0.1, 0.15) is 18.2 Å². The molecule has 3 aromatic rings. The van der Waals surface area contributed by atoms with E-state index in [0.29, 0.717) is 11.4 Å². The van der Waals surface area contributed by atoms with Gasteiger partial charge in [-0.05, 0) is 35.6 Å². The molecular weight excluding hydrogens is 368 g/mol. The number of benzene rings is 1. The molecule has 0 spiro atoms. The van der Waals surface area contributed by atoms with E-state index < -0.39 is 5.97 Å². The van der Waals surface area contributed by atoms with E-state index in [9.17, 15) is 9.59 Å². The summed E-state index contributed by atoms with van der Waals surface area (Å²) in [6.45, 7) is 1.76. The first-order chi connectivity index (χ1) is 12.6. The van der Waals surface area contributed by atoms with E-state index in [1.54, 1.807) is 11.3 Å². The van der Waals surface area contributed by atoms with Crippen LogP contribution in [0.5, 0.6) is 0 Å². The van der Waals surface area contributed by atoms with Gasteiger partial charge in [0.25, 0.3) is 5.91 Å². The minimum Gasteiger partial charge on any atom is -0.455 e. The first kappa shape index (κ1) is 18.3. The van der Waals surface area contributed by atoms with Crippen LogP contribution in [0.3, 0.4) is 0 Å². The van der Waals surface area contributed by atoms with Gasteiger partial charge in [0, 0.05) is 22.0 Å². The Morgan fingerprint density at radius 2 is 1.96 bits per heavy atom. The number of carbonyl (C=O) groups excluding carboxylic acids is 2. The molecule has 0 bridgehead atoms. The Morgan fingerprint density at radius 3 is 2.65 bits per heavy atom. The lowest BCUT2D eigenvalue weighted by Crippen LogP contribution is -2.21. The van der Waals surface area contributed by atoms with Crippen molar-refractivity contribution in [1.82, 2.24) is 4.98 Å². The maximum Gasteiger partial charge on any atom is 0.312 e. The number of aromatic nitrogens is 1. The Morgan fingerprint density at radius 1 is 1.15 bits per heavy atom. The van der Waals surface area contributed by atoms with Crippen molar-refractivity contribution >= 4 is 40.2 Å². The number of hydrogen-bond acceptors (Lipinski definition) is 6. The number of hydrogen-bond donors (Lipinski definition) is 1. The lowest BCUT2D eigenvalue weighted by Gasteiger charge is -2.07. The highest BCUT2D eigenvalue weighted by Crippen LogP contribution is 2.25. The van der Waals surface area contributed by atoms with Gasteiger partial charge in [-0.3, -0.25) is 9.59 Å². The van der Waals surface area contributed by atoms with Crippen molar-refractivity contribution in [3.05, 3.63) is 57.7 Å². The highest BCUT2D eigenvalue weighted by molar-refractivity contribution is 7.14. The quantitative estimate of drug-likeness (QED) is 0.619. The Bertz CT molecular complexity index is 871. The van der Waals surface area contributed by atoms with Crippen LogP contribution in [0.25, 0.3) is 10.6 Å². The molecule has 5 nitrogen and oxygen atoms in total. The molecule has 0 aliphatic heterocycles. The van der Waals surface area contributed by atoms with E-state index in [4.69, 9.17) is 4.74 Å². The summed E-state index contributed by atoms with van der Waals surface area (Å²) < 4.78 is 5.04. The zero-order valence-electron chi connectivity index (χ0n) is 14.2. The lowest BCUT2D eigenvalue weighted by molar-refractivity contribution is -0.146. The Kier molecular flexibility index (Phi) is 6.14. The largest absolute Gasteiger partial charge is 0.455 e. The van der Waals surface area contributed by atoms with Gasteiger partial charge in [0.15, 0.2) is 6.61 Å². The molecule has 0 aliphatic rings. The molecular formula is C19H18N2O3S2. The van der Waals surface area contributed by atoms with Crippen LogP contribution in [0.4, 0.5) is 5.69 Å². The predicted molar refractivity (Wildman–Crippen MR) is 105 cm³/mol. The number of rotatable bonds is 7. The summed E-state index contributed by atoms with van der Waals surface area (Å²) in [6.07, 6.45) is 0.996. The number of carbonyl (C=O) groups is 2. The van der Waals surface area contributed by atoms with Crippen LogP contribution < -0.4 is 5.32 Å². The molecule has 3 rings (SSSR count). The van der Waals surface area contributed by atoms with Crippen molar-refractivity contribution in [1.29, 1.82) is 0 Å². The Hall–Kier alpha value is -2.51. The normalized spacial score (nSPS) is 10.5. The van der Waals surface area contributed by atoms with Gasteiger partial charge in [-0.25, -0.2) is 4.98 Å². The van der Waals surface area contributed by atoms with Gasteiger partial charge in [-0.15, -0.1) is 11.3 Å². The first-order valence-corrected chi connectivity index (χ1v) is 9.97. The average Bonchev–Trinajstić information content (AvgIpc) is 3.32. The second-order valence-electron chi connectivity index (χ2n) is 5.59. The number of ether oxygens (including phenoxy) is 1. The number of anilines is 1. The van der Waals surface area contributed by atoms with Crippen LogP contribution in [0.2, 0.25) is 0 Å². The van der Waals surface area contributed by atoms with E-state index >= 15 is 0 Å². The monoisotopic (exact) mass is 386 g/mol. The fraction of sp³-hybridized carbons (Fsp3) is 0.211.